The van der Waals surface area contributed by atoms with Crippen LogP contribution in [0.1, 0.15) is 5.56 Å². The van der Waals surface area contributed by atoms with E-state index in [0.717, 1.165) is 16.5 Å². The van der Waals surface area contributed by atoms with Crippen LogP contribution in [0.3, 0.4) is 0 Å². The van der Waals surface area contributed by atoms with Crippen LogP contribution in [0.2, 0.25) is 0 Å². The maximum absolute atomic E-state index is 10.4. The number of carbonyl (C=O) groups is 1. The summed E-state index contributed by atoms with van der Waals surface area (Å²) in [5.74, 6) is 4.36. The highest BCUT2D eigenvalue weighted by molar-refractivity contribution is 5.92. The van der Waals surface area contributed by atoms with Gasteiger partial charge in [-0.3, -0.25) is 4.79 Å². The van der Waals surface area contributed by atoms with E-state index in [9.17, 15) is 4.79 Å². The van der Waals surface area contributed by atoms with Crippen molar-refractivity contribution in [3.8, 4) is 11.8 Å². The van der Waals surface area contributed by atoms with Crippen molar-refractivity contribution in [3.05, 3.63) is 36.0 Å². The molecule has 1 aromatic heterocycles. The van der Waals surface area contributed by atoms with E-state index in [1.807, 2.05) is 30.5 Å². The lowest BCUT2D eigenvalue weighted by molar-refractivity contribution is -0.112. The van der Waals surface area contributed by atoms with Gasteiger partial charge in [0.05, 0.1) is 0 Å². The molecule has 0 aliphatic rings. The molecule has 2 aromatic rings. The van der Waals surface area contributed by atoms with E-state index in [1.165, 1.54) is 0 Å². The van der Waals surface area contributed by atoms with E-state index in [1.54, 1.807) is 0 Å². The van der Waals surface area contributed by atoms with Gasteiger partial charge in [0.15, 0.2) is 0 Å². The fourth-order valence-electron chi connectivity index (χ4n) is 1.26. The van der Waals surface area contributed by atoms with Gasteiger partial charge in [-0.2, -0.15) is 0 Å². The standard InChI is InChI=1S/C11H8N2O/c12-11(14)4-2-8-1-3-9-5-6-13-10(9)7-8/h1,3,5-7,13H,(H2,12,14). The van der Waals surface area contributed by atoms with Gasteiger partial charge < -0.3 is 10.7 Å². The first-order chi connectivity index (χ1) is 6.75. The van der Waals surface area contributed by atoms with Crippen LogP contribution >= 0.6 is 0 Å². The number of fused-ring (bicyclic) bond motifs is 1. The van der Waals surface area contributed by atoms with Crippen LogP contribution in [0.4, 0.5) is 0 Å². The highest BCUT2D eigenvalue weighted by Gasteiger charge is 1.94. The molecule has 0 saturated carbocycles. The van der Waals surface area contributed by atoms with E-state index in [4.69, 9.17) is 5.73 Å². The molecule has 1 amide bonds. The number of aromatic nitrogens is 1. The Morgan fingerprint density at radius 1 is 1.36 bits per heavy atom. The average Bonchev–Trinajstić information content (AvgIpc) is 2.61. The quantitative estimate of drug-likeness (QED) is 0.590. The zero-order chi connectivity index (χ0) is 9.97. The summed E-state index contributed by atoms with van der Waals surface area (Å²) in [6.45, 7) is 0. The maximum Gasteiger partial charge on any atom is 0.293 e. The minimum Gasteiger partial charge on any atom is -0.361 e. The first-order valence-corrected chi connectivity index (χ1v) is 4.14. The van der Waals surface area contributed by atoms with Crippen molar-refractivity contribution in [2.45, 2.75) is 0 Å². The fraction of sp³-hybridized carbons (Fsp3) is 0. The second kappa shape index (κ2) is 3.27. The smallest absolute Gasteiger partial charge is 0.293 e. The number of nitrogens with two attached hydrogens (primary N) is 1. The molecule has 0 fully saturated rings. The lowest BCUT2D eigenvalue weighted by Gasteiger charge is -1.90. The predicted octanol–water partition coefficient (Wildman–Crippen LogP) is 1.00. The number of benzene rings is 1. The number of hydrogen-bond donors (Lipinski definition) is 2. The zero-order valence-corrected chi connectivity index (χ0v) is 7.37. The van der Waals surface area contributed by atoms with Crippen molar-refractivity contribution in [1.29, 1.82) is 0 Å². The molecular formula is C11H8N2O. The van der Waals surface area contributed by atoms with Crippen molar-refractivity contribution in [3.63, 3.8) is 0 Å². The summed E-state index contributed by atoms with van der Waals surface area (Å²) in [5, 5.41) is 1.12. The van der Waals surface area contributed by atoms with Crippen molar-refractivity contribution in [2.75, 3.05) is 0 Å². The molecule has 14 heavy (non-hydrogen) atoms. The highest BCUT2D eigenvalue weighted by atomic mass is 16.1. The Morgan fingerprint density at radius 2 is 2.21 bits per heavy atom. The topological polar surface area (TPSA) is 58.9 Å². The molecule has 3 N–H and O–H groups in total. The minimum absolute atomic E-state index is 0.614. The van der Waals surface area contributed by atoms with Crippen LogP contribution in [-0.4, -0.2) is 10.9 Å². The predicted molar refractivity (Wildman–Crippen MR) is 54.4 cm³/mol. The number of primary amides is 1. The van der Waals surface area contributed by atoms with Gasteiger partial charge in [-0.25, -0.2) is 0 Å². The number of H-pyrrole nitrogens is 1. The van der Waals surface area contributed by atoms with Crippen LogP contribution in [-0.2, 0) is 4.79 Å². The second-order valence-corrected chi connectivity index (χ2v) is 2.89. The van der Waals surface area contributed by atoms with Crippen molar-refractivity contribution >= 4 is 16.8 Å². The molecule has 0 aliphatic carbocycles. The molecule has 1 aromatic carbocycles. The Morgan fingerprint density at radius 3 is 3.00 bits per heavy atom. The monoisotopic (exact) mass is 184 g/mol. The average molecular weight is 184 g/mol. The highest BCUT2D eigenvalue weighted by Crippen LogP contribution is 2.13. The molecule has 68 valence electrons. The SMILES string of the molecule is NC(=O)C#Cc1ccc2cc[nH]c2c1. The van der Waals surface area contributed by atoms with Crippen molar-refractivity contribution < 1.29 is 4.79 Å². The summed E-state index contributed by atoms with van der Waals surface area (Å²) in [6, 6.07) is 7.65. The summed E-state index contributed by atoms with van der Waals surface area (Å²) >= 11 is 0. The van der Waals surface area contributed by atoms with Gasteiger partial charge in [0, 0.05) is 17.3 Å². The molecule has 0 saturated heterocycles. The third kappa shape index (κ3) is 1.59. The number of rotatable bonds is 0. The maximum atomic E-state index is 10.4. The van der Waals surface area contributed by atoms with Crippen molar-refractivity contribution in [2.24, 2.45) is 5.73 Å². The first kappa shape index (κ1) is 8.39. The van der Waals surface area contributed by atoms with E-state index in [-0.39, 0.29) is 0 Å². The third-order valence-corrected chi connectivity index (χ3v) is 1.89. The summed E-state index contributed by atoms with van der Waals surface area (Å²) in [5.41, 5.74) is 6.69. The summed E-state index contributed by atoms with van der Waals surface area (Å²) in [4.78, 5) is 13.5. The van der Waals surface area contributed by atoms with E-state index in [2.05, 4.69) is 16.8 Å². The Labute approximate surface area is 80.9 Å². The number of aromatic amines is 1. The minimum atomic E-state index is -0.614. The van der Waals surface area contributed by atoms with Gasteiger partial charge in [-0.1, -0.05) is 12.0 Å². The third-order valence-electron chi connectivity index (χ3n) is 1.89. The van der Waals surface area contributed by atoms with E-state index < -0.39 is 5.91 Å². The number of amides is 1. The Hall–Kier alpha value is -2.21. The molecule has 0 bridgehead atoms. The molecule has 0 atom stereocenters. The van der Waals surface area contributed by atoms with Crippen molar-refractivity contribution in [1.82, 2.24) is 4.98 Å². The molecule has 0 radical (unpaired) electrons. The van der Waals surface area contributed by atoms with E-state index >= 15 is 0 Å². The van der Waals surface area contributed by atoms with Crippen LogP contribution in [0.25, 0.3) is 10.9 Å². The molecule has 1 heterocycles. The Kier molecular flexibility index (Phi) is 1.96. The Balaban J connectivity index is 2.45. The molecule has 0 unspecified atom stereocenters. The Bertz CT molecular complexity index is 543. The van der Waals surface area contributed by atoms with Gasteiger partial charge in [0.25, 0.3) is 5.91 Å². The van der Waals surface area contributed by atoms with Gasteiger partial charge >= 0.3 is 0 Å². The number of nitrogens with one attached hydrogen (secondary N) is 1. The van der Waals surface area contributed by atoms with Gasteiger partial charge in [0.1, 0.15) is 0 Å². The summed E-state index contributed by atoms with van der Waals surface area (Å²) < 4.78 is 0. The summed E-state index contributed by atoms with van der Waals surface area (Å²) in [6.07, 6.45) is 1.86. The molecule has 3 heteroatoms. The van der Waals surface area contributed by atoms with Crippen LogP contribution in [0, 0.1) is 11.8 Å². The summed E-state index contributed by atoms with van der Waals surface area (Å²) in [7, 11) is 0. The molecule has 3 nitrogen and oxygen atoms in total. The van der Waals surface area contributed by atoms with E-state index in [0.29, 0.717) is 0 Å². The number of carbonyl (C=O) groups excluding carboxylic acids is 1. The first-order valence-electron chi connectivity index (χ1n) is 4.14. The molecular weight excluding hydrogens is 176 g/mol. The lowest BCUT2D eigenvalue weighted by Crippen LogP contribution is -2.06. The number of hydrogen-bond acceptors (Lipinski definition) is 1. The van der Waals surface area contributed by atoms with Gasteiger partial charge in [-0.05, 0) is 29.5 Å². The van der Waals surface area contributed by atoms with Gasteiger partial charge in [0.2, 0.25) is 0 Å². The van der Waals surface area contributed by atoms with Gasteiger partial charge in [-0.15, -0.1) is 0 Å². The molecule has 0 aliphatic heterocycles. The molecule has 0 spiro atoms. The lowest BCUT2D eigenvalue weighted by atomic mass is 10.2. The zero-order valence-electron chi connectivity index (χ0n) is 7.37. The molecule has 2 rings (SSSR count). The van der Waals surface area contributed by atoms with Crippen LogP contribution in [0.5, 0.6) is 0 Å². The largest absolute Gasteiger partial charge is 0.361 e. The van der Waals surface area contributed by atoms with Crippen LogP contribution < -0.4 is 5.73 Å². The van der Waals surface area contributed by atoms with Crippen LogP contribution in [0.15, 0.2) is 30.5 Å². The second-order valence-electron chi connectivity index (χ2n) is 2.89. The fourth-order valence-corrected chi connectivity index (χ4v) is 1.26. The normalized spacial score (nSPS) is 9.43.